The van der Waals surface area contributed by atoms with Gasteiger partial charge in [-0.25, -0.2) is 0 Å². The Balaban J connectivity index is 2.20. The van der Waals surface area contributed by atoms with E-state index in [0.717, 1.165) is 11.8 Å². The van der Waals surface area contributed by atoms with Crippen LogP contribution in [0.4, 0.5) is 5.69 Å². The first-order valence-corrected chi connectivity index (χ1v) is 5.82. The van der Waals surface area contributed by atoms with Gasteiger partial charge in [0.2, 0.25) is 0 Å². The maximum absolute atomic E-state index is 12.0. The number of carbonyl (C=O) groups excluding carboxylic acids is 2. The molecule has 0 aliphatic rings. The van der Waals surface area contributed by atoms with Crippen LogP contribution >= 0.6 is 0 Å². The number of amides is 1. The molecule has 0 heterocycles. The third kappa shape index (κ3) is 3.16. The average molecular weight is 251 g/mol. The summed E-state index contributed by atoms with van der Waals surface area (Å²) in [5.74, 6) is -0.245. The first-order valence-electron chi connectivity index (χ1n) is 5.82. The van der Waals surface area contributed by atoms with E-state index in [1.165, 1.54) is 0 Å². The average Bonchev–Trinajstić information content (AvgIpc) is 2.47. The van der Waals surface area contributed by atoms with Crippen molar-refractivity contribution in [1.29, 1.82) is 0 Å². The van der Waals surface area contributed by atoms with Crippen LogP contribution in [0.5, 0.6) is 0 Å². The molecule has 2 aromatic rings. The van der Waals surface area contributed by atoms with Crippen LogP contribution in [0.25, 0.3) is 6.08 Å². The van der Waals surface area contributed by atoms with E-state index in [0.29, 0.717) is 16.8 Å². The minimum atomic E-state index is -0.245. The molecular weight excluding hydrogens is 238 g/mol. The summed E-state index contributed by atoms with van der Waals surface area (Å²) in [7, 11) is 0. The number of anilines is 1. The van der Waals surface area contributed by atoms with Crippen molar-refractivity contribution < 1.29 is 9.59 Å². The molecule has 0 bridgehead atoms. The quantitative estimate of drug-likeness (QED) is 0.846. The lowest BCUT2D eigenvalue weighted by Crippen LogP contribution is -2.12. The maximum Gasteiger partial charge on any atom is 0.255 e. The van der Waals surface area contributed by atoms with Crippen molar-refractivity contribution in [2.75, 3.05) is 5.32 Å². The molecule has 0 aromatic heterocycles. The molecule has 3 nitrogen and oxygen atoms in total. The van der Waals surface area contributed by atoms with E-state index in [2.05, 4.69) is 11.9 Å². The van der Waals surface area contributed by atoms with Gasteiger partial charge in [-0.15, -0.1) is 0 Å². The van der Waals surface area contributed by atoms with Crippen molar-refractivity contribution in [3.8, 4) is 0 Å². The molecule has 2 rings (SSSR count). The van der Waals surface area contributed by atoms with Gasteiger partial charge in [0.25, 0.3) is 5.91 Å². The van der Waals surface area contributed by atoms with Crippen LogP contribution in [-0.4, -0.2) is 12.2 Å². The van der Waals surface area contributed by atoms with Crippen LogP contribution in [0, 0.1) is 0 Å². The van der Waals surface area contributed by atoms with Gasteiger partial charge in [-0.05, 0) is 29.8 Å². The lowest BCUT2D eigenvalue weighted by Gasteiger charge is -2.06. The van der Waals surface area contributed by atoms with Crippen LogP contribution in [0.1, 0.15) is 26.3 Å². The summed E-state index contributed by atoms with van der Waals surface area (Å²) in [4.78, 5) is 22.7. The number of aldehydes is 1. The Morgan fingerprint density at radius 3 is 2.53 bits per heavy atom. The van der Waals surface area contributed by atoms with Crippen LogP contribution in [0.15, 0.2) is 55.1 Å². The highest BCUT2D eigenvalue weighted by molar-refractivity contribution is 6.05. The minimum Gasteiger partial charge on any atom is -0.322 e. The third-order valence-corrected chi connectivity index (χ3v) is 2.67. The third-order valence-electron chi connectivity index (χ3n) is 2.67. The van der Waals surface area contributed by atoms with Gasteiger partial charge < -0.3 is 5.32 Å². The van der Waals surface area contributed by atoms with Gasteiger partial charge in [0.05, 0.1) is 0 Å². The highest BCUT2D eigenvalue weighted by Crippen LogP contribution is 2.13. The predicted octanol–water partition coefficient (Wildman–Crippen LogP) is 3.39. The van der Waals surface area contributed by atoms with E-state index >= 15 is 0 Å². The summed E-state index contributed by atoms with van der Waals surface area (Å²) in [6.07, 6.45) is 2.43. The molecule has 3 heteroatoms. The van der Waals surface area contributed by atoms with Crippen molar-refractivity contribution in [1.82, 2.24) is 0 Å². The predicted molar refractivity (Wildman–Crippen MR) is 76.3 cm³/mol. The zero-order valence-corrected chi connectivity index (χ0v) is 10.3. The summed E-state index contributed by atoms with van der Waals surface area (Å²) in [6, 6.07) is 13.9. The van der Waals surface area contributed by atoms with Gasteiger partial charge in [-0.2, -0.15) is 0 Å². The normalized spacial score (nSPS) is 9.68. The van der Waals surface area contributed by atoms with E-state index in [1.54, 1.807) is 36.4 Å². The standard InChI is InChI=1S/C16H13NO2/c1-2-12-5-4-8-15(10-12)17-16(19)14-7-3-6-13(9-14)11-18/h2-11H,1H2,(H,17,19). The number of hydrogen-bond donors (Lipinski definition) is 1. The summed E-state index contributed by atoms with van der Waals surface area (Å²) in [6.45, 7) is 3.68. The molecule has 19 heavy (non-hydrogen) atoms. The fourth-order valence-corrected chi connectivity index (χ4v) is 1.70. The molecule has 0 radical (unpaired) electrons. The summed E-state index contributed by atoms with van der Waals surface area (Å²) in [5, 5.41) is 2.78. The zero-order valence-electron chi connectivity index (χ0n) is 10.3. The van der Waals surface area contributed by atoms with Crippen molar-refractivity contribution in [2.24, 2.45) is 0 Å². The van der Waals surface area contributed by atoms with Crippen molar-refractivity contribution in [3.05, 3.63) is 71.8 Å². The van der Waals surface area contributed by atoms with E-state index in [9.17, 15) is 9.59 Å². The van der Waals surface area contributed by atoms with Gasteiger partial charge in [-0.3, -0.25) is 9.59 Å². The largest absolute Gasteiger partial charge is 0.322 e. The molecule has 0 atom stereocenters. The summed E-state index contributed by atoms with van der Waals surface area (Å²) < 4.78 is 0. The Hall–Kier alpha value is -2.68. The summed E-state index contributed by atoms with van der Waals surface area (Å²) >= 11 is 0. The second-order valence-corrected chi connectivity index (χ2v) is 4.03. The van der Waals surface area contributed by atoms with Crippen molar-refractivity contribution in [2.45, 2.75) is 0 Å². The molecule has 2 aromatic carbocycles. The van der Waals surface area contributed by atoms with Crippen LogP contribution in [0.3, 0.4) is 0 Å². The smallest absolute Gasteiger partial charge is 0.255 e. The Morgan fingerprint density at radius 2 is 1.79 bits per heavy atom. The minimum absolute atomic E-state index is 0.245. The van der Waals surface area contributed by atoms with Crippen molar-refractivity contribution >= 4 is 24.0 Å². The lowest BCUT2D eigenvalue weighted by atomic mass is 10.1. The molecule has 0 saturated heterocycles. The summed E-state index contributed by atoms with van der Waals surface area (Å²) in [5.41, 5.74) is 2.56. The molecule has 0 spiro atoms. The highest BCUT2D eigenvalue weighted by Gasteiger charge is 2.06. The fourth-order valence-electron chi connectivity index (χ4n) is 1.70. The Labute approximate surface area is 111 Å². The maximum atomic E-state index is 12.0. The van der Waals surface area contributed by atoms with Gasteiger partial charge in [-0.1, -0.05) is 36.9 Å². The Kier molecular flexibility index (Phi) is 3.88. The second kappa shape index (κ2) is 5.78. The van der Waals surface area contributed by atoms with E-state index in [1.807, 2.05) is 18.2 Å². The number of benzene rings is 2. The Morgan fingerprint density at radius 1 is 1.05 bits per heavy atom. The molecule has 94 valence electrons. The highest BCUT2D eigenvalue weighted by atomic mass is 16.1. The first kappa shape index (κ1) is 12.8. The van der Waals surface area contributed by atoms with Gasteiger partial charge in [0.15, 0.2) is 0 Å². The van der Waals surface area contributed by atoms with Crippen LogP contribution < -0.4 is 5.32 Å². The van der Waals surface area contributed by atoms with Crippen LogP contribution in [-0.2, 0) is 0 Å². The molecule has 0 aliphatic heterocycles. The molecule has 0 fully saturated rings. The molecule has 0 unspecified atom stereocenters. The Bertz CT molecular complexity index is 632. The first-order chi connectivity index (χ1) is 9.22. The van der Waals surface area contributed by atoms with E-state index < -0.39 is 0 Å². The fraction of sp³-hybridized carbons (Fsp3) is 0. The lowest BCUT2D eigenvalue weighted by molar-refractivity contribution is 0.102. The van der Waals surface area contributed by atoms with Crippen molar-refractivity contribution in [3.63, 3.8) is 0 Å². The SMILES string of the molecule is C=Cc1cccc(NC(=O)c2cccc(C=O)c2)c1. The monoisotopic (exact) mass is 251 g/mol. The van der Waals surface area contributed by atoms with Gasteiger partial charge in [0.1, 0.15) is 6.29 Å². The topological polar surface area (TPSA) is 46.2 Å². The van der Waals surface area contributed by atoms with E-state index in [4.69, 9.17) is 0 Å². The number of nitrogens with one attached hydrogen (secondary N) is 1. The van der Waals surface area contributed by atoms with E-state index in [-0.39, 0.29) is 5.91 Å². The molecular formula is C16H13NO2. The molecule has 1 N–H and O–H groups in total. The molecule has 1 amide bonds. The number of rotatable bonds is 4. The number of carbonyl (C=O) groups is 2. The van der Waals surface area contributed by atoms with Gasteiger partial charge in [0, 0.05) is 16.8 Å². The molecule has 0 aliphatic carbocycles. The van der Waals surface area contributed by atoms with Crippen LogP contribution in [0.2, 0.25) is 0 Å². The number of hydrogen-bond acceptors (Lipinski definition) is 2. The molecule has 0 saturated carbocycles. The zero-order chi connectivity index (χ0) is 13.7. The van der Waals surface area contributed by atoms with Gasteiger partial charge >= 0.3 is 0 Å². The second-order valence-electron chi connectivity index (χ2n) is 4.03.